The fourth-order valence-electron chi connectivity index (χ4n) is 2.72. The van der Waals surface area contributed by atoms with E-state index < -0.39 is 0 Å². The lowest BCUT2D eigenvalue weighted by molar-refractivity contribution is -0.127. The molecular weight excluding hydrogens is 304 g/mol. The summed E-state index contributed by atoms with van der Waals surface area (Å²) in [5.41, 5.74) is 1.61. The van der Waals surface area contributed by atoms with Crippen LogP contribution in [-0.4, -0.2) is 50.7 Å². The molecule has 2 aliphatic rings. The number of nitrogens with one attached hydrogen (secondary N) is 1. The number of amides is 1. The van der Waals surface area contributed by atoms with Gasteiger partial charge in [0.2, 0.25) is 0 Å². The quantitative estimate of drug-likeness (QED) is 0.900. The van der Waals surface area contributed by atoms with Gasteiger partial charge >= 0.3 is 0 Å². The van der Waals surface area contributed by atoms with Gasteiger partial charge in [0.1, 0.15) is 6.61 Å². The van der Waals surface area contributed by atoms with E-state index in [1.807, 2.05) is 29.2 Å². The van der Waals surface area contributed by atoms with Crippen molar-refractivity contribution in [1.29, 1.82) is 0 Å². The van der Waals surface area contributed by atoms with Crippen LogP contribution in [0.4, 0.5) is 0 Å². The van der Waals surface area contributed by atoms with Gasteiger partial charge in [-0.2, -0.15) is 0 Å². The number of hydrogen-bond acceptors (Lipinski definition) is 4. The lowest BCUT2D eigenvalue weighted by Gasteiger charge is -2.25. The highest BCUT2D eigenvalue weighted by molar-refractivity contribution is 5.99. The van der Waals surface area contributed by atoms with E-state index in [2.05, 4.69) is 5.32 Å². The number of halogens is 1. The van der Waals surface area contributed by atoms with Gasteiger partial charge in [-0.15, -0.1) is 12.4 Å². The summed E-state index contributed by atoms with van der Waals surface area (Å²) in [6.07, 6.45) is 2.91. The number of rotatable bonds is 2. The molecule has 120 valence electrons. The molecule has 1 aromatic carbocycles. The molecular formula is C16H21ClN2O3. The normalized spacial score (nSPS) is 17.3. The fourth-order valence-corrected chi connectivity index (χ4v) is 2.72. The number of carbonyl (C=O) groups is 1. The molecule has 1 fully saturated rings. The molecule has 2 heterocycles. The lowest BCUT2D eigenvalue weighted by Crippen LogP contribution is -2.36. The molecule has 0 atom stereocenters. The van der Waals surface area contributed by atoms with E-state index in [1.165, 1.54) is 0 Å². The summed E-state index contributed by atoms with van der Waals surface area (Å²) >= 11 is 0. The van der Waals surface area contributed by atoms with Crippen molar-refractivity contribution in [2.75, 3.05) is 39.9 Å². The summed E-state index contributed by atoms with van der Waals surface area (Å²) in [4.78, 5) is 14.5. The van der Waals surface area contributed by atoms with Crippen LogP contribution in [0.2, 0.25) is 0 Å². The molecule has 22 heavy (non-hydrogen) atoms. The minimum atomic E-state index is 0. The van der Waals surface area contributed by atoms with Crippen molar-refractivity contribution < 1.29 is 14.3 Å². The van der Waals surface area contributed by atoms with Crippen LogP contribution in [0.15, 0.2) is 23.8 Å². The molecule has 1 amide bonds. The van der Waals surface area contributed by atoms with Gasteiger partial charge in [-0.3, -0.25) is 4.79 Å². The molecule has 2 aliphatic heterocycles. The third-order valence-electron chi connectivity index (χ3n) is 3.83. The van der Waals surface area contributed by atoms with Gasteiger partial charge < -0.3 is 19.7 Å². The first-order valence-electron chi connectivity index (χ1n) is 7.30. The molecule has 5 nitrogen and oxygen atoms in total. The van der Waals surface area contributed by atoms with Crippen LogP contribution in [-0.2, 0) is 4.79 Å². The van der Waals surface area contributed by atoms with E-state index in [0.717, 1.165) is 38.2 Å². The SMILES string of the molecule is COc1cccc2c1OCC(C(=O)N1CCCNCC1)=C2.Cl. The molecule has 3 rings (SSSR count). The van der Waals surface area contributed by atoms with Gasteiger partial charge in [0.15, 0.2) is 11.5 Å². The van der Waals surface area contributed by atoms with Crippen molar-refractivity contribution >= 4 is 24.4 Å². The maximum Gasteiger partial charge on any atom is 0.253 e. The Morgan fingerprint density at radius 2 is 2.18 bits per heavy atom. The number of para-hydroxylation sites is 1. The lowest BCUT2D eigenvalue weighted by atomic mass is 10.1. The summed E-state index contributed by atoms with van der Waals surface area (Å²) in [5, 5.41) is 3.30. The number of fused-ring (bicyclic) bond motifs is 1. The molecule has 0 saturated carbocycles. The van der Waals surface area contributed by atoms with Crippen molar-refractivity contribution in [3.63, 3.8) is 0 Å². The van der Waals surface area contributed by atoms with Gasteiger partial charge in [0.25, 0.3) is 5.91 Å². The minimum absolute atomic E-state index is 0. The van der Waals surface area contributed by atoms with E-state index in [-0.39, 0.29) is 18.3 Å². The topological polar surface area (TPSA) is 50.8 Å². The smallest absolute Gasteiger partial charge is 0.253 e. The third-order valence-corrected chi connectivity index (χ3v) is 3.83. The zero-order valence-electron chi connectivity index (χ0n) is 12.6. The molecule has 1 saturated heterocycles. The standard InChI is InChI=1S/C16H20N2O3.ClH/c1-20-14-5-2-4-12-10-13(11-21-15(12)14)16(19)18-8-3-6-17-7-9-18;/h2,4-5,10,17H,3,6-9,11H2,1H3;1H. The second-order valence-electron chi connectivity index (χ2n) is 5.23. The molecule has 1 aromatic rings. The van der Waals surface area contributed by atoms with Gasteiger partial charge in [-0.1, -0.05) is 12.1 Å². The molecule has 6 heteroatoms. The number of methoxy groups -OCH3 is 1. The van der Waals surface area contributed by atoms with Crippen molar-refractivity contribution in [3.05, 3.63) is 29.3 Å². The number of benzene rings is 1. The van der Waals surface area contributed by atoms with Crippen LogP contribution >= 0.6 is 12.4 Å². The van der Waals surface area contributed by atoms with Crippen molar-refractivity contribution in [2.24, 2.45) is 0 Å². The summed E-state index contributed by atoms with van der Waals surface area (Å²) < 4.78 is 11.0. The van der Waals surface area contributed by atoms with E-state index >= 15 is 0 Å². The van der Waals surface area contributed by atoms with Gasteiger partial charge in [-0.05, 0) is 25.1 Å². The molecule has 0 aromatic heterocycles. The second-order valence-corrected chi connectivity index (χ2v) is 5.23. The maximum absolute atomic E-state index is 12.6. The predicted molar refractivity (Wildman–Crippen MR) is 87.8 cm³/mol. The van der Waals surface area contributed by atoms with Gasteiger partial charge in [0.05, 0.1) is 12.7 Å². The molecule has 0 unspecified atom stereocenters. The predicted octanol–water partition coefficient (Wildman–Crippen LogP) is 1.71. The average Bonchev–Trinajstić information content (AvgIpc) is 2.82. The highest BCUT2D eigenvalue weighted by Gasteiger charge is 2.24. The summed E-state index contributed by atoms with van der Waals surface area (Å²) in [6.45, 7) is 3.68. The molecule has 0 aliphatic carbocycles. The number of ether oxygens (including phenoxy) is 2. The van der Waals surface area contributed by atoms with Gasteiger partial charge in [0, 0.05) is 25.2 Å². The van der Waals surface area contributed by atoms with E-state index in [1.54, 1.807) is 7.11 Å². The monoisotopic (exact) mass is 324 g/mol. The first-order chi connectivity index (χ1) is 10.3. The van der Waals surface area contributed by atoms with Crippen LogP contribution in [0, 0.1) is 0 Å². The number of hydrogen-bond donors (Lipinski definition) is 1. The van der Waals surface area contributed by atoms with Crippen molar-refractivity contribution in [3.8, 4) is 11.5 Å². The van der Waals surface area contributed by atoms with Crippen LogP contribution in [0.3, 0.4) is 0 Å². The third kappa shape index (κ3) is 3.36. The largest absolute Gasteiger partial charge is 0.493 e. The molecule has 1 N–H and O–H groups in total. The number of carbonyl (C=O) groups excluding carboxylic acids is 1. The van der Waals surface area contributed by atoms with Crippen molar-refractivity contribution in [2.45, 2.75) is 6.42 Å². The Hall–Kier alpha value is -1.72. The first kappa shape index (κ1) is 16.6. The second kappa shape index (κ2) is 7.51. The number of nitrogens with zero attached hydrogens (tertiary/aromatic N) is 1. The van der Waals surface area contributed by atoms with Crippen LogP contribution < -0.4 is 14.8 Å². The van der Waals surface area contributed by atoms with Crippen LogP contribution in [0.1, 0.15) is 12.0 Å². The molecule has 0 spiro atoms. The van der Waals surface area contributed by atoms with E-state index in [9.17, 15) is 4.79 Å². The molecule has 0 radical (unpaired) electrons. The Bertz CT molecular complexity index is 567. The first-order valence-corrected chi connectivity index (χ1v) is 7.30. The highest BCUT2D eigenvalue weighted by atomic mass is 35.5. The fraction of sp³-hybridized carbons (Fsp3) is 0.438. The summed E-state index contributed by atoms with van der Waals surface area (Å²) in [7, 11) is 1.62. The zero-order valence-corrected chi connectivity index (χ0v) is 13.4. The van der Waals surface area contributed by atoms with E-state index in [0.29, 0.717) is 23.7 Å². The Balaban J connectivity index is 0.00000176. The van der Waals surface area contributed by atoms with E-state index in [4.69, 9.17) is 9.47 Å². The Kier molecular flexibility index (Phi) is 5.69. The van der Waals surface area contributed by atoms with Crippen LogP contribution in [0.25, 0.3) is 6.08 Å². The van der Waals surface area contributed by atoms with Crippen LogP contribution in [0.5, 0.6) is 11.5 Å². The Labute approximate surface area is 136 Å². The van der Waals surface area contributed by atoms with Gasteiger partial charge in [-0.25, -0.2) is 0 Å². The highest BCUT2D eigenvalue weighted by Crippen LogP contribution is 2.35. The maximum atomic E-state index is 12.6. The zero-order chi connectivity index (χ0) is 14.7. The Morgan fingerprint density at radius 3 is 3.00 bits per heavy atom. The summed E-state index contributed by atoms with van der Waals surface area (Å²) in [6, 6.07) is 5.70. The Morgan fingerprint density at radius 1 is 1.32 bits per heavy atom. The minimum Gasteiger partial charge on any atom is -0.493 e. The summed E-state index contributed by atoms with van der Waals surface area (Å²) in [5.74, 6) is 1.50. The van der Waals surface area contributed by atoms with Crippen molar-refractivity contribution in [1.82, 2.24) is 10.2 Å². The average molecular weight is 325 g/mol. The molecule has 0 bridgehead atoms.